The summed E-state index contributed by atoms with van der Waals surface area (Å²) < 4.78 is 16.2. The molecule has 0 radical (unpaired) electrons. The minimum absolute atomic E-state index is 0.163. The Balaban J connectivity index is 1.51. The summed E-state index contributed by atoms with van der Waals surface area (Å²) in [6.45, 7) is 2.11. The number of hydrogen-bond acceptors (Lipinski definition) is 3. The third-order valence-electron chi connectivity index (χ3n) is 5.43. The fourth-order valence-electron chi connectivity index (χ4n) is 3.78. The number of rotatable bonds is 4. The van der Waals surface area contributed by atoms with E-state index >= 15 is 0 Å². The maximum absolute atomic E-state index is 14.3. The largest absolute Gasteiger partial charge is 0.311 e. The van der Waals surface area contributed by atoms with Crippen molar-refractivity contribution in [2.75, 3.05) is 0 Å². The van der Waals surface area contributed by atoms with Gasteiger partial charge in [-0.05, 0) is 70.4 Å². The monoisotopic (exact) mass is 488 g/mol. The standard InChI is InChI=1S/C25H18BrFN4O/c1-15-11-18(7-9-28-15)25-20-12-16(5-6-22(20)29-30-25)17-8-10-31(23(32)13-17)14-19-3-2-4-21(26)24(19)27/h2-13H,14H2,1H3,(H,29,30). The van der Waals surface area contributed by atoms with Gasteiger partial charge in [0.2, 0.25) is 0 Å². The number of aryl methyl sites for hydroxylation is 1. The lowest BCUT2D eigenvalue weighted by Crippen LogP contribution is -2.19. The summed E-state index contributed by atoms with van der Waals surface area (Å²) in [5.41, 5.74) is 5.60. The highest BCUT2D eigenvalue weighted by Gasteiger charge is 2.12. The number of nitrogens with one attached hydrogen (secondary N) is 1. The van der Waals surface area contributed by atoms with Crippen LogP contribution in [0.3, 0.4) is 0 Å². The fraction of sp³-hybridized carbons (Fsp3) is 0.0800. The molecule has 5 rings (SSSR count). The number of aromatic nitrogens is 4. The van der Waals surface area contributed by atoms with Crippen LogP contribution in [-0.2, 0) is 6.54 Å². The van der Waals surface area contributed by atoms with Crippen molar-refractivity contribution in [3.8, 4) is 22.4 Å². The molecule has 3 heterocycles. The molecule has 32 heavy (non-hydrogen) atoms. The van der Waals surface area contributed by atoms with Crippen molar-refractivity contribution in [1.29, 1.82) is 0 Å². The molecule has 0 unspecified atom stereocenters. The molecule has 0 spiro atoms. The van der Waals surface area contributed by atoms with Gasteiger partial charge in [-0.1, -0.05) is 18.2 Å². The molecule has 0 atom stereocenters. The van der Waals surface area contributed by atoms with Crippen LogP contribution in [0.25, 0.3) is 33.3 Å². The molecule has 5 aromatic rings. The van der Waals surface area contributed by atoms with Crippen LogP contribution in [0.1, 0.15) is 11.3 Å². The molecule has 0 saturated heterocycles. The number of aromatic amines is 1. The van der Waals surface area contributed by atoms with Crippen molar-refractivity contribution in [2.24, 2.45) is 0 Å². The van der Waals surface area contributed by atoms with E-state index in [0.29, 0.717) is 10.0 Å². The van der Waals surface area contributed by atoms with E-state index < -0.39 is 0 Å². The van der Waals surface area contributed by atoms with Crippen LogP contribution in [0.15, 0.2) is 82.3 Å². The minimum atomic E-state index is -0.354. The van der Waals surface area contributed by atoms with E-state index in [1.54, 1.807) is 36.7 Å². The number of pyridine rings is 2. The highest BCUT2D eigenvalue weighted by Crippen LogP contribution is 2.30. The third kappa shape index (κ3) is 3.76. The van der Waals surface area contributed by atoms with Gasteiger partial charge in [0.25, 0.3) is 5.56 Å². The Hall–Kier alpha value is -3.58. The van der Waals surface area contributed by atoms with Gasteiger partial charge in [-0.3, -0.25) is 14.9 Å². The average molecular weight is 489 g/mol. The van der Waals surface area contributed by atoms with Gasteiger partial charge in [0, 0.05) is 40.7 Å². The van der Waals surface area contributed by atoms with Crippen LogP contribution in [0.4, 0.5) is 4.39 Å². The molecule has 0 bridgehead atoms. The molecule has 7 heteroatoms. The highest BCUT2D eigenvalue weighted by atomic mass is 79.9. The number of halogens is 2. The first-order valence-corrected chi connectivity index (χ1v) is 10.8. The number of nitrogens with zero attached hydrogens (tertiary/aromatic N) is 3. The van der Waals surface area contributed by atoms with Crippen molar-refractivity contribution in [1.82, 2.24) is 19.7 Å². The Morgan fingerprint density at radius 1 is 1.03 bits per heavy atom. The lowest BCUT2D eigenvalue weighted by Gasteiger charge is -2.09. The molecule has 0 amide bonds. The Morgan fingerprint density at radius 2 is 1.88 bits per heavy atom. The van der Waals surface area contributed by atoms with E-state index in [-0.39, 0.29) is 17.9 Å². The van der Waals surface area contributed by atoms with Crippen molar-refractivity contribution in [3.63, 3.8) is 0 Å². The van der Waals surface area contributed by atoms with E-state index in [0.717, 1.165) is 39.0 Å². The van der Waals surface area contributed by atoms with Crippen LogP contribution < -0.4 is 5.56 Å². The fourth-order valence-corrected chi connectivity index (χ4v) is 4.19. The summed E-state index contributed by atoms with van der Waals surface area (Å²) in [4.78, 5) is 17.0. The van der Waals surface area contributed by atoms with E-state index in [1.165, 1.54) is 4.57 Å². The van der Waals surface area contributed by atoms with Gasteiger partial charge >= 0.3 is 0 Å². The first kappa shape index (κ1) is 20.3. The molecule has 0 fully saturated rings. The zero-order chi connectivity index (χ0) is 22.2. The Bertz CT molecular complexity index is 1520. The second kappa shape index (κ2) is 8.16. The predicted molar refractivity (Wildman–Crippen MR) is 127 cm³/mol. The summed E-state index contributed by atoms with van der Waals surface area (Å²) >= 11 is 3.19. The number of H-pyrrole nitrogens is 1. The van der Waals surface area contributed by atoms with Gasteiger partial charge in [-0.25, -0.2) is 4.39 Å². The first-order chi connectivity index (χ1) is 15.5. The number of fused-ring (bicyclic) bond motifs is 1. The molecule has 5 nitrogen and oxygen atoms in total. The number of hydrogen-bond donors (Lipinski definition) is 1. The molecule has 3 aromatic heterocycles. The molecule has 0 saturated carbocycles. The SMILES string of the molecule is Cc1cc(-c2n[nH]c3ccc(-c4ccn(Cc5cccc(Br)c5F)c(=O)c4)cc23)ccn1. The van der Waals surface area contributed by atoms with E-state index in [1.807, 2.05) is 43.3 Å². The first-order valence-electron chi connectivity index (χ1n) is 10.0. The van der Waals surface area contributed by atoms with Crippen LogP contribution in [0.2, 0.25) is 0 Å². The Labute approximate surface area is 191 Å². The maximum atomic E-state index is 14.3. The average Bonchev–Trinajstić information content (AvgIpc) is 3.21. The summed E-state index contributed by atoms with van der Waals surface area (Å²) in [5.74, 6) is -0.354. The lowest BCUT2D eigenvalue weighted by atomic mass is 10.0. The van der Waals surface area contributed by atoms with Gasteiger partial charge in [0.05, 0.1) is 16.5 Å². The Morgan fingerprint density at radius 3 is 2.69 bits per heavy atom. The van der Waals surface area contributed by atoms with Crippen LogP contribution >= 0.6 is 15.9 Å². The van der Waals surface area contributed by atoms with Gasteiger partial charge in [0.1, 0.15) is 11.5 Å². The third-order valence-corrected chi connectivity index (χ3v) is 6.05. The smallest absolute Gasteiger partial charge is 0.251 e. The molecule has 2 aromatic carbocycles. The predicted octanol–water partition coefficient (Wildman–Crippen LogP) is 5.71. The van der Waals surface area contributed by atoms with E-state index in [9.17, 15) is 9.18 Å². The zero-order valence-corrected chi connectivity index (χ0v) is 18.7. The summed E-state index contributed by atoms with van der Waals surface area (Å²) in [5, 5.41) is 8.51. The van der Waals surface area contributed by atoms with Crippen LogP contribution in [0, 0.1) is 12.7 Å². The molecule has 0 aliphatic rings. The van der Waals surface area contributed by atoms with Crippen LogP contribution in [-0.4, -0.2) is 19.7 Å². The minimum Gasteiger partial charge on any atom is -0.311 e. The molecule has 158 valence electrons. The van der Waals surface area contributed by atoms with Crippen molar-refractivity contribution in [2.45, 2.75) is 13.5 Å². The van der Waals surface area contributed by atoms with Gasteiger partial charge in [-0.15, -0.1) is 0 Å². The van der Waals surface area contributed by atoms with Crippen molar-refractivity contribution >= 4 is 26.8 Å². The highest BCUT2D eigenvalue weighted by molar-refractivity contribution is 9.10. The molecule has 0 aliphatic heterocycles. The van der Waals surface area contributed by atoms with Gasteiger partial charge in [-0.2, -0.15) is 5.10 Å². The van der Waals surface area contributed by atoms with E-state index in [4.69, 9.17) is 0 Å². The quantitative estimate of drug-likeness (QED) is 0.352. The zero-order valence-electron chi connectivity index (χ0n) is 17.1. The summed E-state index contributed by atoms with van der Waals surface area (Å²) in [6, 6.07) is 18.4. The van der Waals surface area contributed by atoms with Crippen molar-refractivity contribution < 1.29 is 4.39 Å². The molecular formula is C25H18BrFN4O. The van der Waals surface area contributed by atoms with Gasteiger partial charge < -0.3 is 4.57 Å². The van der Waals surface area contributed by atoms with Crippen LogP contribution in [0.5, 0.6) is 0 Å². The molecular weight excluding hydrogens is 471 g/mol. The van der Waals surface area contributed by atoms with Gasteiger partial charge in [0.15, 0.2) is 0 Å². The maximum Gasteiger partial charge on any atom is 0.251 e. The summed E-state index contributed by atoms with van der Waals surface area (Å²) in [6.07, 6.45) is 3.47. The van der Waals surface area contributed by atoms with Crippen molar-refractivity contribution in [3.05, 3.63) is 105 Å². The topological polar surface area (TPSA) is 63.6 Å². The normalized spacial score (nSPS) is 11.2. The second-order valence-corrected chi connectivity index (χ2v) is 8.47. The summed E-state index contributed by atoms with van der Waals surface area (Å²) in [7, 11) is 0. The lowest BCUT2D eigenvalue weighted by molar-refractivity contribution is 0.590. The number of benzene rings is 2. The molecule has 0 aliphatic carbocycles. The van der Waals surface area contributed by atoms with E-state index in [2.05, 4.69) is 31.1 Å². The Kier molecular flexibility index (Phi) is 5.19. The molecule has 1 N–H and O–H groups in total. The second-order valence-electron chi connectivity index (χ2n) is 7.61.